The fourth-order valence-corrected chi connectivity index (χ4v) is 4.55. The molecule has 2 aromatic heterocycles. The minimum atomic E-state index is -0.310. The third kappa shape index (κ3) is 4.24. The first-order valence-electron chi connectivity index (χ1n) is 12.1. The molecule has 4 nitrogen and oxygen atoms in total. The van der Waals surface area contributed by atoms with Crippen LogP contribution in [0.2, 0.25) is 0 Å². The molecule has 0 fully saturated rings. The van der Waals surface area contributed by atoms with E-state index < -0.39 is 0 Å². The summed E-state index contributed by atoms with van der Waals surface area (Å²) in [5.41, 5.74) is 12.5. The van der Waals surface area contributed by atoms with Crippen LogP contribution in [0.25, 0.3) is 38.6 Å². The lowest BCUT2D eigenvalue weighted by atomic mass is 10.0. The van der Waals surface area contributed by atoms with E-state index in [2.05, 4.69) is 21.9 Å². The van der Waals surface area contributed by atoms with E-state index in [1.54, 1.807) is 4.68 Å². The van der Waals surface area contributed by atoms with Gasteiger partial charge in [0.15, 0.2) is 5.82 Å². The van der Waals surface area contributed by atoms with Crippen LogP contribution in [0, 0.1) is 24.6 Å². The molecule has 2 heterocycles. The number of aromatic nitrogens is 3. The summed E-state index contributed by atoms with van der Waals surface area (Å²) in [6.45, 7) is 2.30. The molecule has 0 amide bonds. The first-order valence-corrected chi connectivity index (χ1v) is 12.1. The number of para-hydroxylation sites is 1. The van der Waals surface area contributed by atoms with E-state index in [0.29, 0.717) is 23.3 Å². The molecule has 0 radical (unpaired) electrons. The Morgan fingerprint density at radius 3 is 2.54 bits per heavy atom. The fourth-order valence-electron chi connectivity index (χ4n) is 4.55. The largest absolute Gasteiger partial charge is 0.326 e. The van der Waals surface area contributed by atoms with Gasteiger partial charge in [-0.05, 0) is 60.4 Å². The van der Waals surface area contributed by atoms with Crippen molar-refractivity contribution in [3.05, 3.63) is 125 Å². The molecule has 0 spiro atoms. The lowest BCUT2D eigenvalue weighted by molar-refractivity contribution is 0.635. The molecule has 0 aliphatic carbocycles. The monoisotopic (exact) mass is 482 g/mol. The first-order chi connectivity index (χ1) is 18.1. The second-order valence-electron chi connectivity index (χ2n) is 8.91. The minimum absolute atomic E-state index is 0.310. The molecule has 37 heavy (non-hydrogen) atoms. The zero-order chi connectivity index (χ0) is 25.4. The molecule has 0 aliphatic rings. The van der Waals surface area contributed by atoms with Gasteiger partial charge in [0.05, 0.1) is 16.9 Å². The van der Waals surface area contributed by atoms with Crippen molar-refractivity contribution in [2.45, 2.75) is 13.5 Å². The highest BCUT2D eigenvalue weighted by molar-refractivity contribution is 5.89. The van der Waals surface area contributed by atoms with Gasteiger partial charge in [0.1, 0.15) is 11.2 Å². The summed E-state index contributed by atoms with van der Waals surface area (Å²) in [5, 5.41) is 6.49. The maximum absolute atomic E-state index is 16.0. The standard InChI is InChI=1S/C32H23FN4/c1-21-28-17-18-29(31(33)32(28)37(36-21)27-7-4-5-23(19-27)20-34)24-12-9-22(10-13-24)11-15-26-16-14-25-6-2-3-8-30(25)35-26/h2-10,12-14,16-19H,20,34H2,1H3. The molecule has 0 aliphatic heterocycles. The normalized spacial score (nSPS) is 11.0. The molecule has 0 bridgehead atoms. The molecule has 0 saturated heterocycles. The summed E-state index contributed by atoms with van der Waals surface area (Å²) in [6.07, 6.45) is 0. The number of nitrogens with two attached hydrogens (primary N) is 1. The van der Waals surface area contributed by atoms with Gasteiger partial charge in [-0.15, -0.1) is 0 Å². The predicted octanol–water partition coefficient (Wildman–Crippen LogP) is 6.55. The number of halogens is 1. The van der Waals surface area contributed by atoms with E-state index in [0.717, 1.165) is 44.4 Å². The second-order valence-corrected chi connectivity index (χ2v) is 8.91. The summed E-state index contributed by atoms with van der Waals surface area (Å²) in [6, 6.07) is 30.9. The molecule has 6 rings (SSSR count). The van der Waals surface area contributed by atoms with Gasteiger partial charge in [0.2, 0.25) is 0 Å². The molecular formula is C32H23FN4. The quantitative estimate of drug-likeness (QED) is 0.291. The van der Waals surface area contributed by atoms with Crippen LogP contribution < -0.4 is 5.73 Å². The average Bonchev–Trinajstić information content (AvgIpc) is 3.29. The van der Waals surface area contributed by atoms with E-state index in [4.69, 9.17) is 5.73 Å². The number of hydrogen-bond acceptors (Lipinski definition) is 3. The van der Waals surface area contributed by atoms with Crippen LogP contribution in [-0.2, 0) is 6.54 Å². The Morgan fingerprint density at radius 2 is 1.70 bits per heavy atom. The van der Waals surface area contributed by atoms with E-state index in [-0.39, 0.29) is 5.82 Å². The summed E-state index contributed by atoms with van der Waals surface area (Å²) < 4.78 is 17.6. The van der Waals surface area contributed by atoms with Gasteiger partial charge in [-0.3, -0.25) is 0 Å². The molecule has 0 unspecified atom stereocenters. The van der Waals surface area contributed by atoms with Crippen molar-refractivity contribution in [2.24, 2.45) is 5.73 Å². The fraction of sp³-hybridized carbons (Fsp3) is 0.0625. The van der Waals surface area contributed by atoms with Crippen LogP contribution in [0.4, 0.5) is 4.39 Å². The third-order valence-corrected chi connectivity index (χ3v) is 6.49. The smallest absolute Gasteiger partial charge is 0.157 e. The SMILES string of the molecule is Cc1nn(-c2cccc(CN)c2)c2c(F)c(-c3ccc(C#Cc4ccc5ccccc5n4)cc3)ccc12. The molecule has 0 atom stereocenters. The number of nitrogens with zero attached hydrogens (tertiary/aromatic N) is 3. The van der Waals surface area contributed by atoms with E-state index in [1.807, 2.05) is 104 Å². The van der Waals surface area contributed by atoms with Gasteiger partial charge in [-0.25, -0.2) is 14.1 Å². The summed E-state index contributed by atoms with van der Waals surface area (Å²) >= 11 is 0. The van der Waals surface area contributed by atoms with Crippen molar-refractivity contribution in [1.29, 1.82) is 0 Å². The third-order valence-electron chi connectivity index (χ3n) is 6.49. The van der Waals surface area contributed by atoms with Crippen LogP contribution in [0.3, 0.4) is 0 Å². The Labute approximate surface area is 214 Å². The van der Waals surface area contributed by atoms with Crippen LogP contribution in [0.1, 0.15) is 22.5 Å². The highest BCUT2D eigenvalue weighted by atomic mass is 19.1. The van der Waals surface area contributed by atoms with Crippen molar-refractivity contribution in [1.82, 2.24) is 14.8 Å². The molecular weight excluding hydrogens is 459 g/mol. The topological polar surface area (TPSA) is 56.7 Å². The van der Waals surface area contributed by atoms with Crippen molar-refractivity contribution in [2.75, 3.05) is 0 Å². The van der Waals surface area contributed by atoms with Crippen molar-refractivity contribution in [3.8, 4) is 28.7 Å². The zero-order valence-corrected chi connectivity index (χ0v) is 20.2. The van der Waals surface area contributed by atoms with Crippen molar-refractivity contribution in [3.63, 3.8) is 0 Å². The summed E-state index contributed by atoms with van der Waals surface area (Å²) in [7, 11) is 0. The summed E-state index contributed by atoms with van der Waals surface area (Å²) in [4.78, 5) is 4.60. The van der Waals surface area contributed by atoms with Crippen LogP contribution in [-0.4, -0.2) is 14.8 Å². The van der Waals surface area contributed by atoms with Gasteiger partial charge >= 0.3 is 0 Å². The predicted molar refractivity (Wildman–Crippen MR) is 147 cm³/mol. The number of pyridine rings is 1. The van der Waals surface area contributed by atoms with Crippen molar-refractivity contribution < 1.29 is 4.39 Å². The second kappa shape index (κ2) is 9.34. The summed E-state index contributed by atoms with van der Waals surface area (Å²) in [5.74, 6) is 5.98. The lowest BCUT2D eigenvalue weighted by Gasteiger charge is -2.09. The average molecular weight is 483 g/mol. The highest BCUT2D eigenvalue weighted by Crippen LogP contribution is 2.32. The Kier molecular flexibility index (Phi) is 5.72. The Balaban J connectivity index is 1.35. The van der Waals surface area contributed by atoms with Crippen molar-refractivity contribution >= 4 is 21.8 Å². The maximum atomic E-state index is 16.0. The van der Waals surface area contributed by atoms with Gasteiger partial charge in [0.25, 0.3) is 0 Å². The highest BCUT2D eigenvalue weighted by Gasteiger charge is 2.17. The van der Waals surface area contributed by atoms with E-state index in [9.17, 15) is 0 Å². The molecule has 2 N–H and O–H groups in total. The van der Waals surface area contributed by atoms with Gasteiger partial charge in [-0.1, -0.05) is 66.6 Å². The Morgan fingerprint density at radius 1 is 0.865 bits per heavy atom. The van der Waals surface area contributed by atoms with Gasteiger partial charge in [0, 0.05) is 28.4 Å². The number of benzene rings is 4. The maximum Gasteiger partial charge on any atom is 0.157 e. The van der Waals surface area contributed by atoms with E-state index >= 15 is 4.39 Å². The first kappa shape index (κ1) is 22.7. The molecule has 178 valence electrons. The van der Waals surface area contributed by atoms with Crippen LogP contribution in [0.15, 0.2) is 97.1 Å². The Bertz CT molecular complexity index is 1840. The van der Waals surface area contributed by atoms with E-state index in [1.165, 1.54) is 0 Å². The van der Waals surface area contributed by atoms with Gasteiger partial charge in [-0.2, -0.15) is 5.10 Å². The Hall–Kier alpha value is -4.79. The zero-order valence-electron chi connectivity index (χ0n) is 20.2. The van der Waals surface area contributed by atoms with Crippen LogP contribution >= 0.6 is 0 Å². The number of fused-ring (bicyclic) bond motifs is 2. The van der Waals surface area contributed by atoms with Crippen LogP contribution in [0.5, 0.6) is 0 Å². The lowest BCUT2D eigenvalue weighted by Crippen LogP contribution is -2.02. The number of rotatable bonds is 3. The number of hydrogen-bond donors (Lipinski definition) is 1. The molecule has 5 heteroatoms. The number of aryl methyl sites for hydroxylation is 1. The molecule has 4 aromatic carbocycles. The molecule has 0 saturated carbocycles. The van der Waals surface area contributed by atoms with Gasteiger partial charge < -0.3 is 5.73 Å². The minimum Gasteiger partial charge on any atom is -0.326 e. The molecule has 6 aromatic rings.